The molecule has 1 aliphatic heterocycles. The highest BCUT2D eigenvalue weighted by Crippen LogP contribution is 2.48. The van der Waals surface area contributed by atoms with Crippen molar-refractivity contribution in [1.29, 1.82) is 0 Å². The summed E-state index contributed by atoms with van der Waals surface area (Å²) in [7, 11) is 0. The molecule has 25 heavy (non-hydrogen) atoms. The number of fused-ring (bicyclic) bond motifs is 2. The van der Waals surface area contributed by atoms with Gasteiger partial charge in [0.05, 0.1) is 24.6 Å². The maximum absolute atomic E-state index is 11.2. The first-order valence-corrected chi connectivity index (χ1v) is 9.03. The van der Waals surface area contributed by atoms with Crippen LogP contribution in [0.5, 0.6) is 0 Å². The number of benzene rings is 2. The van der Waals surface area contributed by atoms with Crippen molar-refractivity contribution < 1.29 is 14.6 Å². The third kappa shape index (κ3) is 3.89. The number of aliphatic hydroxyl groups excluding tert-OH is 1. The number of ether oxygens (including phenoxy) is 1. The zero-order valence-corrected chi connectivity index (χ0v) is 15.0. The molecule has 0 unspecified atom stereocenters. The summed E-state index contributed by atoms with van der Waals surface area (Å²) in [4.78, 5) is 15.8. The van der Waals surface area contributed by atoms with E-state index in [4.69, 9.17) is 4.74 Å². The molecule has 5 heteroatoms. The average Bonchev–Trinajstić information content (AvgIpc) is 2.63. The first kappa shape index (κ1) is 17.6. The van der Waals surface area contributed by atoms with Crippen LogP contribution in [0.3, 0.4) is 0 Å². The van der Waals surface area contributed by atoms with E-state index >= 15 is 0 Å². The van der Waals surface area contributed by atoms with Crippen molar-refractivity contribution in [3.05, 3.63) is 60.2 Å². The molecule has 0 aromatic heterocycles. The lowest BCUT2D eigenvalue weighted by Gasteiger charge is -2.33. The van der Waals surface area contributed by atoms with E-state index < -0.39 is 5.97 Å². The Labute approximate surface area is 152 Å². The largest absolute Gasteiger partial charge is 0.462 e. The van der Waals surface area contributed by atoms with Gasteiger partial charge in [0.25, 0.3) is 0 Å². The van der Waals surface area contributed by atoms with Crippen LogP contribution in [0.25, 0.3) is 0 Å². The molecular formula is C20H21NO3S. The van der Waals surface area contributed by atoms with Crippen molar-refractivity contribution in [3.8, 4) is 0 Å². The van der Waals surface area contributed by atoms with Gasteiger partial charge < -0.3 is 14.7 Å². The summed E-state index contributed by atoms with van der Waals surface area (Å²) in [5, 5.41) is 9.41. The van der Waals surface area contributed by atoms with Crippen molar-refractivity contribution in [2.45, 2.75) is 29.7 Å². The Morgan fingerprint density at radius 3 is 2.68 bits per heavy atom. The lowest BCUT2D eigenvalue weighted by atomic mass is 10.1. The van der Waals surface area contributed by atoms with Gasteiger partial charge in [-0.1, -0.05) is 30.5 Å². The molecule has 1 N–H and O–H groups in total. The van der Waals surface area contributed by atoms with Crippen LogP contribution in [0.2, 0.25) is 0 Å². The summed E-state index contributed by atoms with van der Waals surface area (Å²) >= 11 is 1.73. The second kappa shape index (κ2) is 7.76. The molecule has 0 fully saturated rings. The molecular weight excluding hydrogens is 334 g/mol. The molecule has 0 atom stereocenters. The smallest absolute Gasteiger partial charge is 0.330 e. The van der Waals surface area contributed by atoms with E-state index in [2.05, 4.69) is 36.6 Å². The normalized spacial score (nSPS) is 12.3. The predicted molar refractivity (Wildman–Crippen MR) is 100 cm³/mol. The second-order valence-corrected chi connectivity index (χ2v) is 6.99. The minimum atomic E-state index is -0.391. The van der Waals surface area contributed by atoms with Gasteiger partial charge in [-0.2, -0.15) is 0 Å². The Hall–Kier alpha value is -2.24. The molecule has 1 aliphatic rings. The van der Waals surface area contributed by atoms with Gasteiger partial charge in [-0.05, 0) is 48.7 Å². The van der Waals surface area contributed by atoms with Crippen LogP contribution in [0, 0.1) is 6.92 Å². The summed E-state index contributed by atoms with van der Waals surface area (Å²) in [6.45, 7) is 6.63. The molecule has 4 nitrogen and oxygen atoms in total. The molecule has 130 valence electrons. The van der Waals surface area contributed by atoms with E-state index in [9.17, 15) is 9.90 Å². The van der Waals surface area contributed by atoms with E-state index in [-0.39, 0.29) is 6.61 Å². The number of hydrogen-bond donors (Lipinski definition) is 1. The fraction of sp³-hybridized carbons (Fsp3) is 0.250. The van der Waals surface area contributed by atoms with Crippen LogP contribution >= 0.6 is 11.8 Å². The summed E-state index contributed by atoms with van der Waals surface area (Å²) in [6.07, 6.45) is 1.90. The van der Waals surface area contributed by atoms with Crippen LogP contribution in [0.1, 0.15) is 17.5 Å². The molecule has 0 bridgehead atoms. The molecule has 0 saturated heterocycles. The quantitative estimate of drug-likeness (QED) is 0.478. The van der Waals surface area contributed by atoms with Crippen molar-refractivity contribution in [2.75, 3.05) is 18.1 Å². The van der Waals surface area contributed by atoms with E-state index in [1.54, 1.807) is 11.8 Å². The van der Waals surface area contributed by atoms with Crippen molar-refractivity contribution in [1.82, 2.24) is 0 Å². The molecule has 0 saturated carbocycles. The second-order valence-electron chi connectivity index (χ2n) is 5.91. The number of carbonyl (C=O) groups is 1. The minimum Gasteiger partial charge on any atom is -0.462 e. The van der Waals surface area contributed by atoms with Crippen LogP contribution in [0.15, 0.2) is 58.8 Å². The average molecular weight is 355 g/mol. The van der Waals surface area contributed by atoms with E-state index in [0.717, 1.165) is 34.8 Å². The molecule has 3 rings (SSSR count). The zero-order chi connectivity index (χ0) is 17.8. The Bertz CT molecular complexity index is 804. The number of carbonyl (C=O) groups excluding carboxylic acids is 1. The molecule has 2 aromatic rings. The molecule has 0 radical (unpaired) electrons. The summed E-state index contributed by atoms with van der Waals surface area (Å²) in [5.74, 6) is -0.391. The maximum Gasteiger partial charge on any atom is 0.330 e. The first-order chi connectivity index (χ1) is 12.1. The van der Waals surface area contributed by atoms with Gasteiger partial charge in [0.2, 0.25) is 0 Å². The van der Waals surface area contributed by atoms with Crippen LogP contribution in [-0.2, 0) is 16.1 Å². The van der Waals surface area contributed by atoms with Crippen molar-refractivity contribution in [3.63, 3.8) is 0 Å². The topological polar surface area (TPSA) is 49.8 Å². The van der Waals surface area contributed by atoms with Crippen molar-refractivity contribution >= 4 is 29.1 Å². The van der Waals surface area contributed by atoms with E-state index in [1.165, 1.54) is 16.5 Å². The van der Waals surface area contributed by atoms with Gasteiger partial charge >= 0.3 is 5.97 Å². The standard InChI is InChI=1S/C20H21NO3S/c1-3-20(23)24-10-4-9-21-16-7-5-14(2)11-18(16)25-19-12-15(13-22)6-8-17(19)21/h3,5-8,11-12,22H,1,4,9-10,13H2,2H3. The molecule has 1 heterocycles. The Morgan fingerprint density at radius 1 is 1.24 bits per heavy atom. The number of aryl methyl sites for hydroxylation is 1. The minimum absolute atomic E-state index is 0.0337. The van der Waals surface area contributed by atoms with Gasteiger partial charge in [0, 0.05) is 22.4 Å². The molecule has 0 amide bonds. The number of aliphatic hydroxyl groups is 1. The number of hydrogen-bond acceptors (Lipinski definition) is 5. The van der Waals surface area contributed by atoms with Gasteiger partial charge in [-0.3, -0.25) is 0 Å². The molecule has 0 aliphatic carbocycles. The van der Waals surface area contributed by atoms with Gasteiger partial charge in [0.1, 0.15) is 0 Å². The molecule has 0 spiro atoms. The fourth-order valence-corrected chi connectivity index (χ4v) is 4.09. The van der Waals surface area contributed by atoms with E-state index in [1.807, 2.05) is 18.2 Å². The number of rotatable bonds is 6. The van der Waals surface area contributed by atoms with Crippen LogP contribution in [0.4, 0.5) is 11.4 Å². The highest BCUT2D eigenvalue weighted by atomic mass is 32.2. The zero-order valence-electron chi connectivity index (χ0n) is 14.2. The Kier molecular flexibility index (Phi) is 5.46. The number of esters is 1. The maximum atomic E-state index is 11.2. The Balaban J connectivity index is 1.85. The third-order valence-corrected chi connectivity index (χ3v) is 5.15. The lowest BCUT2D eigenvalue weighted by Crippen LogP contribution is -2.23. The third-order valence-electron chi connectivity index (χ3n) is 4.06. The predicted octanol–water partition coefficient (Wildman–Crippen LogP) is 4.21. The first-order valence-electron chi connectivity index (χ1n) is 8.21. The van der Waals surface area contributed by atoms with Gasteiger partial charge in [0.15, 0.2) is 0 Å². The summed E-state index contributed by atoms with van der Waals surface area (Å²) < 4.78 is 5.09. The highest BCUT2D eigenvalue weighted by Gasteiger charge is 2.23. The van der Waals surface area contributed by atoms with Crippen molar-refractivity contribution in [2.24, 2.45) is 0 Å². The lowest BCUT2D eigenvalue weighted by molar-refractivity contribution is -0.137. The highest BCUT2D eigenvalue weighted by molar-refractivity contribution is 7.99. The SMILES string of the molecule is C=CC(=O)OCCCN1c2ccc(C)cc2Sc2cc(CO)ccc21. The van der Waals surface area contributed by atoms with Gasteiger partial charge in [-0.15, -0.1) is 0 Å². The van der Waals surface area contributed by atoms with E-state index in [0.29, 0.717) is 6.61 Å². The number of nitrogens with zero attached hydrogens (tertiary/aromatic N) is 1. The van der Waals surface area contributed by atoms with Gasteiger partial charge in [-0.25, -0.2) is 4.79 Å². The summed E-state index contributed by atoms with van der Waals surface area (Å²) in [6, 6.07) is 12.5. The summed E-state index contributed by atoms with van der Waals surface area (Å²) in [5.41, 5.74) is 4.40. The monoisotopic (exact) mass is 355 g/mol. The fourth-order valence-electron chi connectivity index (χ4n) is 2.83. The number of anilines is 2. The van der Waals surface area contributed by atoms with Crippen LogP contribution < -0.4 is 4.90 Å². The van der Waals surface area contributed by atoms with Crippen LogP contribution in [-0.4, -0.2) is 24.2 Å². The molecule has 2 aromatic carbocycles. The Morgan fingerprint density at radius 2 is 1.96 bits per heavy atom.